The molecule has 0 bridgehead atoms. The van der Waals surface area contributed by atoms with Crippen molar-refractivity contribution in [1.29, 1.82) is 0 Å². The second-order valence-electron chi connectivity index (χ2n) is 5.70. The van der Waals surface area contributed by atoms with Gasteiger partial charge in [-0.15, -0.1) is 0 Å². The molecule has 2 rings (SSSR count). The molecule has 1 fully saturated rings. The van der Waals surface area contributed by atoms with Gasteiger partial charge in [0.1, 0.15) is 0 Å². The van der Waals surface area contributed by atoms with Crippen LogP contribution in [0.5, 0.6) is 0 Å². The predicted molar refractivity (Wildman–Crippen MR) is 79.0 cm³/mol. The highest BCUT2D eigenvalue weighted by atomic mass is 35.5. The zero-order valence-electron chi connectivity index (χ0n) is 11.5. The summed E-state index contributed by atoms with van der Waals surface area (Å²) < 4.78 is 0. The lowest BCUT2D eigenvalue weighted by molar-refractivity contribution is 0.242. The van der Waals surface area contributed by atoms with Crippen LogP contribution in [-0.2, 0) is 0 Å². The highest BCUT2D eigenvalue weighted by molar-refractivity contribution is 6.30. The fraction of sp³-hybridized carbons (Fsp3) is 0.625. The summed E-state index contributed by atoms with van der Waals surface area (Å²) in [5, 5.41) is 4.49. The molecule has 0 heterocycles. The van der Waals surface area contributed by atoms with E-state index in [9.17, 15) is 0 Å². The van der Waals surface area contributed by atoms with Crippen LogP contribution in [0.3, 0.4) is 0 Å². The summed E-state index contributed by atoms with van der Waals surface area (Å²) in [6.07, 6.45) is 5.62. The third-order valence-corrected chi connectivity index (χ3v) is 4.60. The van der Waals surface area contributed by atoms with Gasteiger partial charge < -0.3 is 5.32 Å². The van der Waals surface area contributed by atoms with E-state index < -0.39 is 0 Å². The molecule has 1 aromatic carbocycles. The van der Waals surface area contributed by atoms with Crippen LogP contribution in [0.25, 0.3) is 0 Å². The van der Waals surface area contributed by atoms with Gasteiger partial charge in [0.05, 0.1) is 0 Å². The van der Waals surface area contributed by atoms with Gasteiger partial charge in [-0.2, -0.15) is 0 Å². The highest BCUT2D eigenvalue weighted by Crippen LogP contribution is 2.29. The van der Waals surface area contributed by atoms with Crippen molar-refractivity contribution in [2.75, 3.05) is 6.54 Å². The molecule has 1 aromatic rings. The summed E-state index contributed by atoms with van der Waals surface area (Å²) in [5.41, 5.74) is 1.32. The van der Waals surface area contributed by atoms with Gasteiger partial charge in [-0.05, 0) is 49.4 Å². The Morgan fingerprint density at radius 3 is 2.56 bits per heavy atom. The summed E-state index contributed by atoms with van der Waals surface area (Å²) in [7, 11) is 0. The zero-order chi connectivity index (χ0) is 13.0. The van der Waals surface area contributed by atoms with Crippen molar-refractivity contribution >= 4 is 11.6 Å². The maximum atomic E-state index is 5.91. The van der Waals surface area contributed by atoms with Crippen LogP contribution < -0.4 is 5.32 Å². The van der Waals surface area contributed by atoms with E-state index in [1.165, 1.54) is 31.2 Å². The van der Waals surface area contributed by atoms with Gasteiger partial charge in [0, 0.05) is 11.1 Å². The third kappa shape index (κ3) is 3.73. The Kier molecular flexibility index (Phi) is 5.08. The average Bonchev–Trinajstić information content (AvgIpc) is 2.38. The molecule has 0 aliphatic heterocycles. The van der Waals surface area contributed by atoms with E-state index >= 15 is 0 Å². The molecular weight excluding hydrogens is 242 g/mol. The van der Waals surface area contributed by atoms with E-state index in [4.69, 9.17) is 11.6 Å². The van der Waals surface area contributed by atoms with Crippen molar-refractivity contribution in [2.24, 2.45) is 11.8 Å². The Morgan fingerprint density at radius 2 is 1.89 bits per heavy atom. The Balaban J connectivity index is 1.83. The molecule has 1 aliphatic rings. The molecule has 0 radical (unpaired) electrons. The lowest BCUT2D eigenvalue weighted by Gasteiger charge is -2.30. The van der Waals surface area contributed by atoms with Crippen molar-refractivity contribution in [2.45, 2.75) is 45.6 Å². The number of nitrogens with one attached hydrogen (secondary N) is 1. The summed E-state index contributed by atoms with van der Waals surface area (Å²) in [6.45, 7) is 5.78. The average molecular weight is 266 g/mol. The molecule has 3 unspecified atom stereocenters. The van der Waals surface area contributed by atoms with Crippen molar-refractivity contribution < 1.29 is 0 Å². The van der Waals surface area contributed by atoms with E-state index in [1.54, 1.807) is 0 Å². The highest BCUT2D eigenvalue weighted by Gasteiger charge is 2.21. The summed E-state index contributed by atoms with van der Waals surface area (Å²) in [4.78, 5) is 0. The second-order valence-corrected chi connectivity index (χ2v) is 6.14. The van der Waals surface area contributed by atoms with Crippen molar-refractivity contribution in [3.05, 3.63) is 34.9 Å². The fourth-order valence-electron chi connectivity index (χ4n) is 2.89. The Hall–Kier alpha value is -0.530. The first-order chi connectivity index (χ1) is 8.66. The van der Waals surface area contributed by atoms with Crippen molar-refractivity contribution in [3.8, 4) is 0 Å². The Morgan fingerprint density at radius 1 is 1.22 bits per heavy atom. The molecule has 0 spiro atoms. The smallest absolute Gasteiger partial charge is 0.0406 e. The number of halogens is 1. The van der Waals surface area contributed by atoms with Crippen LogP contribution in [0.1, 0.15) is 51.1 Å². The minimum atomic E-state index is 0.413. The summed E-state index contributed by atoms with van der Waals surface area (Å²) >= 11 is 5.91. The summed E-state index contributed by atoms with van der Waals surface area (Å²) in [5.74, 6) is 1.73. The zero-order valence-corrected chi connectivity index (χ0v) is 12.2. The van der Waals surface area contributed by atoms with Gasteiger partial charge >= 0.3 is 0 Å². The number of hydrogen-bond acceptors (Lipinski definition) is 1. The van der Waals surface area contributed by atoms with Crippen LogP contribution in [0, 0.1) is 11.8 Å². The number of hydrogen-bond donors (Lipinski definition) is 1. The lowest BCUT2D eigenvalue weighted by Crippen LogP contribution is -2.31. The Bertz CT molecular complexity index is 360. The fourth-order valence-corrected chi connectivity index (χ4v) is 3.02. The first-order valence-electron chi connectivity index (χ1n) is 7.15. The van der Waals surface area contributed by atoms with E-state index in [-0.39, 0.29) is 0 Å². The summed E-state index contributed by atoms with van der Waals surface area (Å²) in [6, 6.07) is 8.59. The van der Waals surface area contributed by atoms with Gasteiger partial charge in [-0.3, -0.25) is 0 Å². The Labute approximate surface area is 116 Å². The molecule has 0 aromatic heterocycles. The monoisotopic (exact) mass is 265 g/mol. The maximum absolute atomic E-state index is 5.91. The van der Waals surface area contributed by atoms with Crippen LogP contribution in [0.15, 0.2) is 24.3 Å². The van der Waals surface area contributed by atoms with Crippen LogP contribution in [0.2, 0.25) is 5.02 Å². The van der Waals surface area contributed by atoms with Crippen LogP contribution in [0.4, 0.5) is 0 Å². The maximum Gasteiger partial charge on any atom is 0.0406 e. The molecule has 0 amide bonds. The molecule has 2 heteroatoms. The molecule has 3 atom stereocenters. The molecule has 1 N–H and O–H groups in total. The number of benzene rings is 1. The van der Waals surface area contributed by atoms with E-state index in [1.807, 2.05) is 12.1 Å². The van der Waals surface area contributed by atoms with E-state index in [2.05, 4.69) is 31.3 Å². The quantitative estimate of drug-likeness (QED) is 0.823. The molecule has 18 heavy (non-hydrogen) atoms. The second kappa shape index (κ2) is 6.58. The van der Waals surface area contributed by atoms with Crippen LogP contribution in [-0.4, -0.2) is 6.54 Å². The third-order valence-electron chi connectivity index (χ3n) is 4.35. The minimum Gasteiger partial charge on any atom is -0.310 e. The van der Waals surface area contributed by atoms with Gasteiger partial charge in [0.25, 0.3) is 0 Å². The van der Waals surface area contributed by atoms with Crippen molar-refractivity contribution in [1.82, 2.24) is 5.32 Å². The molecule has 0 saturated heterocycles. The van der Waals surface area contributed by atoms with Gasteiger partial charge in [-0.1, -0.05) is 49.9 Å². The van der Waals surface area contributed by atoms with E-state index in [0.29, 0.717) is 6.04 Å². The molecule has 1 aliphatic carbocycles. The van der Waals surface area contributed by atoms with Gasteiger partial charge in [0.15, 0.2) is 0 Å². The molecule has 1 nitrogen and oxygen atoms in total. The molecule has 100 valence electrons. The van der Waals surface area contributed by atoms with Crippen molar-refractivity contribution in [3.63, 3.8) is 0 Å². The largest absolute Gasteiger partial charge is 0.310 e. The van der Waals surface area contributed by atoms with E-state index in [0.717, 1.165) is 23.4 Å². The standard InChI is InChI=1S/C16H24ClN/c1-12-5-3-4-6-15(12)11-18-13(2)14-7-9-16(17)10-8-14/h7-10,12-13,15,18H,3-6,11H2,1-2H3. The number of rotatable bonds is 4. The lowest BCUT2D eigenvalue weighted by atomic mass is 9.80. The minimum absolute atomic E-state index is 0.413. The molecule has 1 saturated carbocycles. The molecular formula is C16H24ClN. The topological polar surface area (TPSA) is 12.0 Å². The van der Waals surface area contributed by atoms with Gasteiger partial charge in [-0.25, -0.2) is 0 Å². The van der Waals surface area contributed by atoms with Gasteiger partial charge in [0.2, 0.25) is 0 Å². The first-order valence-corrected chi connectivity index (χ1v) is 7.53. The normalized spacial score (nSPS) is 25.9. The predicted octanol–water partition coefficient (Wildman–Crippen LogP) is 4.82. The first kappa shape index (κ1) is 13.9. The van der Waals surface area contributed by atoms with Crippen LogP contribution >= 0.6 is 11.6 Å². The SMILES string of the molecule is CC(NCC1CCCCC1C)c1ccc(Cl)cc1.